The molecule has 1 aromatic heterocycles. The number of aryl methyl sites for hydroxylation is 2. The lowest BCUT2D eigenvalue weighted by molar-refractivity contribution is -0.386. The number of hydrogen-bond acceptors (Lipinski definition) is 4. The fourth-order valence-corrected chi connectivity index (χ4v) is 2.35. The number of nitro groups is 1. The third kappa shape index (κ3) is 3.02. The van der Waals surface area contributed by atoms with Crippen molar-refractivity contribution >= 4 is 11.4 Å². The maximum Gasteiger partial charge on any atom is 0.278 e. The summed E-state index contributed by atoms with van der Waals surface area (Å²) in [5.41, 5.74) is 5.48. The van der Waals surface area contributed by atoms with Gasteiger partial charge in [-0.25, -0.2) is 0 Å². The van der Waals surface area contributed by atoms with Gasteiger partial charge in [-0.3, -0.25) is 15.1 Å². The molecule has 1 heterocycles. The molecule has 0 bridgehead atoms. The Morgan fingerprint density at radius 2 is 1.86 bits per heavy atom. The summed E-state index contributed by atoms with van der Waals surface area (Å²) in [6.07, 6.45) is 1.56. The van der Waals surface area contributed by atoms with Gasteiger partial charge in [-0.05, 0) is 44.9 Å². The Morgan fingerprint density at radius 1 is 1.14 bits per heavy atom. The first kappa shape index (κ1) is 15.0. The Balaban J connectivity index is 2.27. The van der Waals surface area contributed by atoms with Crippen molar-refractivity contribution in [3.8, 4) is 0 Å². The van der Waals surface area contributed by atoms with Gasteiger partial charge in [0.1, 0.15) is 0 Å². The van der Waals surface area contributed by atoms with Gasteiger partial charge in [0.25, 0.3) is 5.69 Å². The van der Waals surface area contributed by atoms with E-state index in [2.05, 4.69) is 30.2 Å². The molecule has 1 aromatic carbocycles. The minimum absolute atomic E-state index is 0.155. The van der Waals surface area contributed by atoms with Crippen LogP contribution in [0.4, 0.5) is 11.4 Å². The van der Waals surface area contributed by atoms with Crippen molar-refractivity contribution < 1.29 is 4.92 Å². The molecule has 0 fully saturated rings. The van der Waals surface area contributed by atoms with Gasteiger partial charge in [0.15, 0.2) is 0 Å². The van der Waals surface area contributed by atoms with E-state index in [0.29, 0.717) is 23.4 Å². The Hall–Kier alpha value is -2.43. The van der Waals surface area contributed by atoms with Gasteiger partial charge in [0, 0.05) is 17.4 Å². The maximum atomic E-state index is 11.1. The van der Waals surface area contributed by atoms with E-state index in [-0.39, 0.29) is 10.6 Å². The zero-order valence-electron chi connectivity index (χ0n) is 12.7. The van der Waals surface area contributed by atoms with E-state index in [0.717, 1.165) is 5.69 Å². The standard InChI is InChI=1S/C16H19N3O2/c1-10-6-5-7-14(12(10)3)18-9-15-13(4)16(19(20)21)11(2)8-17-15/h5-8,18H,9H2,1-4H3. The van der Waals surface area contributed by atoms with Crippen LogP contribution in [0.3, 0.4) is 0 Å². The van der Waals surface area contributed by atoms with Crippen LogP contribution in [0, 0.1) is 37.8 Å². The third-order valence-corrected chi connectivity index (χ3v) is 3.81. The van der Waals surface area contributed by atoms with Crippen LogP contribution < -0.4 is 5.32 Å². The normalized spacial score (nSPS) is 10.5. The molecule has 0 spiro atoms. The van der Waals surface area contributed by atoms with Gasteiger partial charge in [-0.2, -0.15) is 0 Å². The Bertz CT molecular complexity index is 696. The number of rotatable bonds is 4. The number of aromatic nitrogens is 1. The third-order valence-electron chi connectivity index (χ3n) is 3.81. The second-order valence-corrected chi connectivity index (χ2v) is 5.22. The first-order chi connectivity index (χ1) is 9.91. The van der Waals surface area contributed by atoms with Crippen molar-refractivity contribution in [2.24, 2.45) is 0 Å². The van der Waals surface area contributed by atoms with Crippen LogP contribution in [0.25, 0.3) is 0 Å². The van der Waals surface area contributed by atoms with Crippen molar-refractivity contribution in [3.63, 3.8) is 0 Å². The molecule has 0 atom stereocenters. The van der Waals surface area contributed by atoms with Crippen LogP contribution >= 0.6 is 0 Å². The second-order valence-electron chi connectivity index (χ2n) is 5.22. The smallest absolute Gasteiger partial charge is 0.278 e. The van der Waals surface area contributed by atoms with Crippen LogP contribution in [-0.2, 0) is 6.54 Å². The molecule has 0 amide bonds. The minimum Gasteiger partial charge on any atom is -0.379 e. The lowest BCUT2D eigenvalue weighted by Crippen LogP contribution is -2.08. The van der Waals surface area contributed by atoms with E-state index in [4.69, 9.17) is 0 Å². The highest BCUT2D eigenvalue weighted by atomic mass is 16.6. The van der Waals surface area contributed by atoms with Crippen molar-refractivity contribution in [1.82, 2.24) is 4.98 Å². The summed E-state index contributed by atoms with van der Waals surface area (Å²) in [5.74, 6) is 0. The molecule has 0 unspecified atom stereocenters. The van der Waals surface area contributed by atoms with Gasteiger partial charge in [-0.15, -0.1) is 0 Å². The second kappa shape index (κ2) is 5.91. The number of pyridine rings is 1. The molecular formula is C16H19N3O2. The SMILES string of the molecule is Cc1cccc(NCc2ncc(C)c([N+](=O)[O-])c2C)c1C. The van der Waals surface area contributed by atoms with Crippen LogP contribution in [-0.4, -0.2) is 9.91 Å². The van der Waals surface area contributed by atoms with Gasteiger partial charge in [0.05, 0.1) is 22.7 Å². The van der Waals surface area contributed by atoms with Gasteiger partial charge >= 0.3 is 0 Å². The highest BCUT2D eigenvalue weighted by Gasteiger charge is 2.18. The highest BCUT2D eigenvalue weighted by molar-refractivity contribution is 5.55. The Labute approximate surface area is 124 Å². The molecule has 5 heteroatoms. The summed E-state index contributed by atoms with van der Waals surface area (Å²) < 4.78 is 0. The minimum atomic E-state index is -0.340. The fourth-order valence-electron chi connectivity index (χ4n) is 2.35. The van der Waals surface area contributed by atoms with E-state index >= 15 is 0 Å². The van der Waals surface area contributed by atoms with Crippen molar-refractivity contribution in [1.29, 1.82) is 0 Å². The molecule has 21 heavy (non-hydrogen) atoms. The van der Waals surface area contributed by atoms with E-state index in [9.17, 15) is 10.1 Å². The average Bonchev–Trinajstić information content (AvgIpc) is 2.42. The van der Waals surface area contributed by atoms with Gasteiger partial charge in [0.2, 0.25) is 0 Å². The van der Waals surface area contributed by atoms with Crippen molar-refractivity contribution in [2.75, 3.05) is 5.32 Å². The topological polar surface area (TPSA) is 68.1 Å². The number of nitrogens with zero attached hydrogens (tertiary/aromatic N) is 2. The summed E-state index contributed by atoms with van der Waals surface area (Å²) in [6, 6.07) is 6.05. The number of nitrogens with one attached hydrogen (secondary N) is 1. The summed E-state index contributed by atoms with van der Waals surface area (Å²) in [6.45, 7) is 8.03. The number of hydrogen-bond donors (Lipinski definition) is 1. The first-order valence-corrected chi connectivity index (χ1v) is 6.81. The van der Waals surface area contributed by atoms with E-state index < -0.39 is 0 Å². The molecule has 0 saturated heterocycles. The molecule has 0 aliphatic rings. The molecule has 0 radical (unpaired) electrons. The van der Waals surface area contributed by atoms with Crippen molar-refractivity contribution in [2.45, 2.75) is 34.2 Å². The quantitative estimate of drug-likeness (QED) is 0.684. The molecule has 0 saturated carbocycles. The van der Waals surface area contributed by atoms with Gasteiger partial charge in [-0.1, -0.05) is 12.1 Å². The molecule has 110 valence electrons. The highest BCUT2D eigenvalue weighted by Crippen LogP contribution is 2.25. The molecule has 2 aromatic rings. The van der Waals surface area contributed by atoms with Crippen LogP contribution in [0.15, 0.2) is 24.4 Å². The van der Waals surface area contributed by atoms with Crippen LogP contribution in [0.5, 0.6) is 0 Å². The van der Waals surface area contributed by atoms with E-state index in [1.54, 1.807) is 20.0 Å². The lowest BCUT2D eigenvalue weighted by Gasteiger charge is -2.13. The first-order valence-electron chi connectivity index (χ1n) is 6.81. The van der Waals surface area contributed by atoms with Crippen molar-refractivity contribution in [3.05, 3.63) is 62.5 Å². The fraction of sp³-hybridized carbons (Fsp3) is 0.312. The Morgan fingerprint density at radius 3 is 2.52 bits per heavy atom. The average molecular weight is 285 g/mol. The monoisotopic (exact) mass is 285 g/mol. The summed E-state index contributed by atoms with van der Waals surface area (Å²) in [7, 11) is 0. The molecule has 2 rings (SSSR count). The molecule has 5 nitrogen and oxygen atoms in total. The maximum absolute atomic E-state index is 11.1. The number of anilines is 1. The predicted molar refractivity (Wildman–Crippen MR) is 83.6 cm³/mol. The number of benzene rings is 1. The zero-order chi connectivity index (χ0) is 15.6. The van der Waals surface area contributed by atoms with E-state index in [1.807, 2.05) is 12.1 Å². The summed E-state index contributed by atoms with van der Waals surface area (Å²) >= 11 is 0. The largest absolute Gasteiger partial charge is 0.379 e. The zero-order valence-corrected chi connectivity index (χ0v) is 12.7. The van der Waals surface area contributed by atoms with Crippen LogP contribution in [0.2, 0.25) is 0 Å². The molecule has 0 aliphatic carbocycles. The molecule has 0 aliphatic heterocycles. The van der Waals surface area contributed by atoms with E-state index in [1.165, 1.54) is 11.1 Å². The van der Waals surface area contributed by atoms with Crippen LogP contribution in [0.1, 0.15) is 27.9 Å². The van der Waals surface area contributed by atoms with Gasteiger partial charge < -0.3 is 5.32 Å². The summed E-state index contributed by atoms with van der Waals surface area (Å²) in [5, 5.41) is 14.4. The Kier molecular flexibility index (Phi) is 4.21. The molecular weight excluding hydrogens is 266 g/mol. The summed E-state index contributed by atoms with van der Waals surface area (Å²) in [4.78, 5) is 15.1. The lowest BCUT2D eigenvalue weighted by atomic mass is 10.1. The predicted octanol–water partition coefficient (Wildman–Crippen LogP) is 3.84. The molecule has 1 N–H and O–H groups in total.